The third-order valence-electron chi connectivity index (χ3n) is 3.29. The van der Waals surface area contributed by atoms with Crippen LogP contribution in [-0.2, 0) is 6.61 Å². The van der Waals surface area contributed by atoms with Crippen LogP contribution in [0.1, 0.15) is 32.9 Å². The lowest BCUT2D eigenvalue weighted by Gasteiger charge is -2.04. The molecule has 0 fully saturated rings. The monoisotopic (exact) mass is 406 g/mol. The van der Waals surface area contributed by atoms with Crippen LogP contribution in [0.4, 0.5) is 5.13 Å². The predicted molar refractivity (Wildman–Crippen MR) is 107 cm³/mol. The summed E-state index contributed by atoms with van der Waals surface area (Å²) in [4.78, 5) is 17.5. The second kappa shape index (κ2) is 8.61. The highest BCUT2D eigenvalue weighted by atomic mass is 32.2. The number of thiazole rings is 1. The second-order valence-electron chi connectivity index (χ2n) is 5.39. The molecule has 0 radical (unpaired) electrons. The molecule has 0 aliphatic heterocycles. The van der Waals surface area contributed by atoms with Gasteiger partial charge in [-0.15, -0.1) is 21.5 Å². The van der Waals surface area contributed by atoms with Crippen molar-refractivity contribution in [1.82, 2.24) is 15.2 Å². The molecule has 6 nitrogen and oxygen atoms in total. The lowest BCUT2D eigenvalue weighted by Crippen LogP contribution is -2.11. The first-order chi connectivity index (χ1) is 12.5. The van der Waals surface area contributed by atoms with Gasteiger partial charge in [-0.25, -0.2) is 4.98 Å². The van der Waals surface area contributed by atoms with E-state index in [2.05, 4.69) is 20.5 Å². The SMILES string of the molecule is CCSc1nnc(NC(=O)c2sc(COc3cccc(C)c3)nc2C)s1. The van der Waals surface area contributed by atoms with E-state index >= 15 is 0 Å². The maximum Gasteiger partial charge on any atom is 0.269 e. The van der Waals surface area contributed by atoms with Crippen molar-refractivity contribution in [2.24, 2.45) is 0 Å². The molecule has 0 bridgehead atoms. The summed E-state index contributed by atoms with van der Waals surface area (Å²) in [6.45, 7) is 6.21. The molecule has 0 unspecified atom stereocenters. The molecule has 26 heavy (non-hydrogen) atoms. The Balaban J connectivity index is 1.63. The van der Waals surface area contributed by atoms with E-state index < -0.39 is 0 Å². The van der Waals surface area contributed by atoms with Crippen LogP contribution in [0.3, 0.4) is 0 Å². The molecule has 1 amide bonds. The molecule has 0 aliphatic rings. The summed E-state index contributed by atoms with van der Waals surface area (Å²) in [5, 5.41) is 12.1. The summed E-state index contributed by atoms with van der Waals surface area (Å²) >= 11 is 4.30. The van der Waals surface area contributed by atoms with Crippen LogP contribution >= 0.6 is 34.4 Å². The number of hydrogen-bond acceptors (Lipinski definition) is 8. The van der Waals surface area contributed by atoms with Crippen molar-refractivity contribution in [3.05, 3.63) is 45.4 Å². The molecule has 2 heterocycles. The van der Waals surface area contributed by atoms with Crippen LogP contribution < -0.4 is 10.1 Å². The molecule has 0 spiro atoms. The number of carbonyl (C=O) groups excluding carboxylic acids is 1. The van der Waals surface area contributed by atoms with Gasteiger partial charge in [-0.2, -0.15) is 0 Å². The van der Waals surface area contributed by atoms with E-state index in [0.29, 0.717) is 22.3 Å². The minimum absolute atomic E-state index is 0.217. The Hall–Kier alpha value is -1.97. The molecule has 1 N–H and O–H groups in total. The van der Waals surface area contributed by atoms with Crippen molar-refractivity contribution in [2.45, 2.75) is 31.7 Å². The van der Waals surface area contributed by atoms with Crippen LogP contribution in [0.5, 0.6) is 5.75 Å². The fourth-order valence-electron chi connectivity index (χ4n) is 2.17. The third-order valence-corrected chi connectivity index (χ3v) is 6.28. The normalized spacial score (nSPS) is 10.7. The van der Waals surface area contributed by atoms with Gasteiger partial charge in [0.05, 0.1) is 5.69 Å². The van der Waals surface area contributed by atoms with Gasteiger partial charge in [-0.1, -0.05) is 42.2 Å². The first-order valence-corrected chi connectivity index (χ1v) is 10.6. The van der Waals surface area contributed by atoms with Crippen LogP contribution in [0.15, 0.2) is 28.6 Å². The third kappa shape index (κ3) is 4.80. The van der Waals surface area contributed by atoms with E-state index in [-0.39, 0.29) is 5.91 Å². The van der Waals surface area contributed by atoms with Crippen molar-refractivity contribution in [3.63, 3.8) is 0 Å². The molecule has 9 heteroatoms. The maximum absolute atomic E-state index is 12.5. The fourth-order valence-corrected chi connectivity index (χ4v) is 4.69. The van der Waals surface area contributed by atoms with E-state index in [1.165, 1.54) is 22.7 Å². The zero-order valence-electron chi connectivity index (χ0n) is 14.6. The number of aryl methyl sites for hydroxylation is 2. The summed E-state index contributed by atoms with van der Waals surface area (Å²) < 4.78 is 6.61. The number of nitrogens with one attached hydrogen (secondary N) is 1. The Morgan fingerprint density at radius 3 is 2.88 bits per heavy atom. The summed E-state index contributed by atoms with van der Waals surface area (Å²) in [6, 6.07) is 7.84. The largest absolute Gasteiger partial charge is 0.486 e. The number of ether oxygens (including phenoxy) is 1. The van der Waals surface area contributed by atoms with Gasteiger partial charge in [0, 0.05) is 0 Å². The van der Waals surface area contributed by atoms with Gasteiger partial charge in [0.2, 0.25) is 5.13 Å². The minimum Gasteiger partial charge on any atom is -0.486 e. The quantitative estimate of drug-likeness (QED) is 0.458. The van der Waals surface area contributed by atoms with Gasteiger partial charge in [0.25, 0.3) is 5.91 Å². The zero-order chi connectivity index (χ0) is 18.5. The van der Waals surface area contributed by atoms with E-state index in [1.54, 1.807) is 11.8 Å². The van der Waals surface area contributed by atoms with Crippen molar-refractivity contribution in [2.75, 3.05) is 11.1 Å². The Bertz CT molecular complexity index is 907. The molecule has 136 valence electrons. The number of rotatable bonds is 7. The van der Waals surface area contributed by atoms with Crippen LogP contribution in [0.25, 0.3) is 0 Å². The standard InChI is InChI=1S/C17H18N4O2S3/c1-4-24-17-21-20-16(26-17)19-15(22)14-11(3)18-13(25-14)9-23-12-7-5-6-10(2)8-12/h5-8H,4,9H2,1-3H3,(H,19,20,22). The number of anilines is 1. The highest BCUT2D eigenvalue weighted by Crippen LogP contribution is 2.27. The Kier molecular flexibility index (Phi) is 6.23. The van der Waals surface area contributed by atoms with E-state index in [0.717, 1.165) is 26.4 Å². The van der Waals surface area contributed by atoms with E-state index in [4.69, 9.17) is 4.74 Å². The number of thioether (sulfide) groups is 1. The average Bonchev–Trinajstić information content (AvgIpc) is 3.20. The molecular weight excluding hydrogens is 388 g/mol. The molecule has 2 aromatic heterocycles. The van der Waals surface area contributed by atoms with Crippen LogP contribution in [-0.4, -0.2) is 26.8 Å². The smallest absolute Gasteiger partial charge is 0.269 e. The first-order valence-electron chi connectivity index (χ1n) is 7.98. The van der Waals surface area contributed by atoms with Gasteiger partial charge >= 0.3 is 0 Å². The Morgan fingerprint density at radius 2 is 2.12 bits per heavy atom. The van der Waals surface area contributed by atoms with Crippen molar-refractivity contribution in [3.8, 4) is 5.75 Å². The number of carbonyl (C=O) groups is 1. The molecule has 0 aliphatic carbocycles. The minimum atomic E-state index is -0.217. The number of nitrogens with zero attached hydrogens (tertiary/aromatic N) is 3. The molecule has 1 aromatic carbocycles. The van der Waals surface area contributed by atoms with Crippen LogP contribution in [0, 0.1) is 13.8 Å². The van der Waals surface area contributed by atoms with Crippen molar-refractivity contribution < 1.29 is 9.53 Å². The lowest BCUT2D eigenvalue weighted by atomic mass is 10.2. The van der Waals surface area contributed by atoms with Crippen LogP contribution in [0.2, 0.25) is 0 Å². The molecule has 0 saturated heterocycles. The second-order valence-corrected chi connectivity index (χ2v) is 8.96. The molecule has 0 saturated carbocycles. The van der Waals surface area contributed by atoms with Gasteiger partial charge < -0.3 is 4.74 Å². The summed E-state index contributed by atoms with van der Waals surface area (Å²) in [5.41, 5.74) is 1.82. The number of amides is 1. The van der Waals surface area contributed by atoms with Gasteiger partial charge in [-0.3, -0.25) is 10.1 Å². The van der Waals surface area contributed by atoms with Gasteiger partial charge in [0.15, 0.2) is 4.34 Å². The molecule has 3 rings (SSSR count). The summed E-state index contributed by atoms with van der Waals surface area (Å²) in [5.74, 6) is 1.49. The molecular formula is C17H18N4O2S3. The van der Waals surface area contributed by atoms with Crippen molar-refractivity contribution >= 4 is 45.5 Å². The molecule has 3 aromatic rings. The lowest BCUT2D eigenvalue weighted by molar-refractivity contribution is 0.102. The highest BCUT2D eigenvalue weighted by molar-refractivity contribution is 8.01. The first kappa shape index (κ1) is 18.8. The summed E-state index contributed by atoms with van der Waals surface area (Å²) in [6.07, 6.45) is 0. The summed E-state index contributed by atoms with van der Waals surface area (Å²) in [7, 11) is 0. The number of hydrogen-bond donors (Lipinski definition) is 1. The predicted octanol–water partition coefficient (Wildman–Crippen LogP) is 4.55. The maximum atomic E-state index is 12.5. The average molecular weight is 407 g/mol. The Morgan fingerprint density at radius 1 is 1.27 bits per heavy atom. The highest BCUT2D eigenvalue weighted by Gasteiger charge is 2.17. The van der Waals surface area contributed by atoms with Gasteiger partial charge in [-0.05, 0) is 37.3 Å². The fraction of sp³-hybridized carbons (Fsp3) is 0.294. The van der Waals surface area contributed by atoms with E-state index in [9.17, 15) is 4.79 Å². The zero-order valence-corrected chi connectivity index (χ0v) is 17.1. The number of benzene rings is 1. The van der Waals surface area contributed by atoms with E-state index in [1.807, 2.05) is 45.0 Å². The molecule has 0 atom stereocenters. The topological polar surface area (TPSA) is 77.0 Å². The Labute approximate surface area is 164 Å². The van der Waals surface area contributed by atoms with Crippen molar-refractivity contribution in [1.29, 1.82) is 0 Å². The number of aromatic nitrogens is 3. The van der Waals surface area contributed by atoms with Gasteiger partial charge in [0.1, 0.15) is 22.2 Å².